The molecule has 1 aliphatic rings. The number of carboxylic acids is 3. The zero-order chi connectivity index (χ0) is 38.7. The summed E-state index contributed by atoms with van der Waals surface area (Å²) in [6, 6.07) is 16.0. The lowest BCUT2D eigenvalue weighted by Gasteiger charge is -2.27. The molecule has 4 rings (SSSR count). The van der Waals surface area contributed by atoms with Gasteiger partial charge in [-0.25, -0.2) is 4.79 Å². The Bertz CT molecular complexity index is 1760. The topological polar surface area (TPSA) is 220 Å². The lowest BCUT2D eigenvalue weighted by atomic mass is 9.99. The van der Waals surface area contributed by atoms with E-state index in [0.717, 1.165) is 21.2 Å². The summed E-state index contributed by atoms with van der Waals surface area (Å²) in [7, 11) is 0. The number of aliphatic carboxylic acids is 3. The van der Waals surface area contributed by atoms with E-state index >= 15 is 0 Å². The monoisotopic (exact) mass is 730 g/mol. The number of halogens is 3. The molecule has 52 heavy (non-hydrogen) atoms. The maximum Gasteiger partial charge on any atom is 0.490 e. The number of alkyl halides is 3. The third-order valence-electron chi connectivity index (χ3n) is 7.77. The molecule has 0 radical (unpaired) electrons. The lowest BCUT2D eigenvalue weighted by Crippen LogP contribution is -2.57. The standard InChI is InChI=1S/C33H36N4O8.C2HF3O2/c1-19(2)14-26(30(41)36-27(29(40)34-18-28(38)39)15-20-8-4-3-5-9-20)35-25(33(44)45)12-13-37-31(42)23-16-21-10-6-7-11-22(21)17-24(23)32(37)43;3-2(4,5)1(6)7/h3-11,16-17,19,25-27,35H,12-15,18H2,1-2H3,(H,34,40)(H,36,41)(H,38,39)(H,44,45);(H,6,7)/t25?,26-,27-;/m0./s1. The van der Waals surface area contributed by atoms with E-state index < -0.39 is 72.4 Å². The van der Waals surface area contributed by atoms with Crippen LogP contribution in [0.25, 0.3) is 10.8 Å². The molecule has 0 bridgehead atoms. The number of nitrogens with zero attached hydrogens (tertiary/aromatic N) is 1. The summed E-state index contributed by atoms with van der Waals surface area (Å²) in [5.41, 5.74) is 1.22. The maximum absolute atomic E-state index is 13.5. The van der Waals surface area contributed by atoms with E-state index in [1.807, 2.05) is 38.1 Å². The molecule has 0 aromatic heterocycles. The predicted molar refractivity (Wildman–Crippen MR) is 178 cm³/mol. The molecule has 278 valence electrons. The highest BCUT2D eigenvalue weighted by atomic mass is 19.4. The van der Waals surface area contributed by atoms with Gasteiger partial charge in [-0.15, -0.1) is 0 Å². The van der Waals surface area contributed by atoms with Crippen molar-refractivity contribution in [2.24, 2.45) is 5.92 Å². The van der Waals surface area contributed by atoms with Crippen LogP contribution in [0.1, 0.15) is 53.0 Å². The molecule has 0 fully saturated rings. The summed E-state index contributed by atoms with van der Waals surface area (Å²) in [5, 5.41) is 35.6. The molecule has 3 aromatic carbocycles. The molecule has 1 unspecified atom stereocenters. The smallest absolute Gasteiger partial charge is 0.480 e. The fourth-order valence-electron chi connectivity index (χ4n) is 5.30. The fraction of sp³-hybridized carbons (Fsp3) is 0.343. The minimum Gasteiger partial charge on any atom is -0.480 e. The number of hydrogen-bond acceptors (Lipinski definition) is 8. The van der Waals surface area contributed by atoms with E-state index in [-0.39, 0.29) is 42.9 Å². The molecule has 3 atom stereocenters. The molecule has 0 aliphatic carbocycles. The van der Waals surface area contributed by atoms with Crippen molar-refractivity contribution in [1.82, 2.24) is 20.9 Å². The molecule has 14 nitrogen and oxygen atoms in total. The van der Waals surface area contributed by atoms with Crippen molar-refractivity contribution in [1.29, 1.82) is 0 Å². The molecule has 6 N–H and O–H groups in total. The molecular formula is C35H37F3N4O10. The summed E-state index contributed by atoms with van der Waals surface area (Å²) in [6.45, 7) is 2.86. The number of fused-ring (bicyclic) bond motifs is 2. The molecule has 0 saturated heterocycles. The number of amides is 4. The minimum atomic E-state index is -5.08. The van der Waals surface area contributed by atoms with Crippen LogP contribution in [-0.2, 0) is 30.4 Å². The van der Waals surface area contributed by atoms with E-state index in [2.05, 4.69) is 16.0 Å². The number of imide groups is 1. The first-order chi connectivity index (χ1) is 24.4. The average Bonchev–Trinajstić information content (AvgIpc) is 3.30. The second kappa shape index (κ2) is 17.9. The highest BCUT2D eigenvalue weighted by molar-refractivity contribution is 6.23. The third-order valence-corrected chi connectivity index (χ3v) is 7.77. The lowest BCUT2D eigenvalue weighted by molar-refractivity contribution is -0.192. The Hall–Kier alpha value is -5.84. The van der Waals surface area contributed by atoms with Crippen molar-refractivity contribution < 1.29 is 62.1 Å². The Morgan fingerprint density at radius 2 is 1.29 bits per heavy atom. The molecule has 1 heterocycles. The summed E-state index contributed by atoms with van der Waals surface area (Å²) >= 11 is 0. The molecule has 1 aliphatic heterocycles. The van der Waals surface area contributed by atoms with Gasteiger partial charge in [0.15, 0.2) is 0 Å². The van der Waals surface area contributed by atoms with E-state index in [4.69, 9.17) is 15.0 Å². The second-order valence-electron chi connectivity index (χ2n) is 12.2. The van der Waals surface area contributed by atoms with Crippen LogP contribution in [0, 0.1) is 5.92 Å². The van der Waals surface area contributed by atoms with Crippen LogP contribution in [0.15, 0.2) is 66.7 Å². The second-order valence-corrected chi connectivity index (χ2v) is 12.2. The molecule has 17 heteroatoms. The van der Waals surface area contributed by atoms with Crippen LogP contribution in [0.2, 0.25) is 0 Å². The largest absolute Gasteiger partial charge is 0.490 e. The van der Waals surface area contributed by atoms with E-state index in [9.17, 15) is 47.0 Å². The van der Waals surface area contributed by atoms with Crippen molar-refractivity contribution >= 4 is 52.3 Å². The highest BCUT2D eigenvalue weighted by Crippen LogP contribution is 2.28. The van der Waals surface area contributed by atoms with Gasteiger partial charge in [-0.3, -0.25) is 39.0 Å². The van der Waals surface area contributed by atoms with Crippen LogP contribution in [0.4, 0.5) is 13.2 Å². The Balaban J connectivity index is 0.000000944. The maximum atomic E-state index is 13.5. The average molecular weight is 731 g/mol. The Labute approximate surface area is 295 Å². The van der Waals surface area contributed by atoms with Gasteiger partial charge in [0.05, 0.1) is 17.2 Å². The van der Waals surface area contributed by atoms with E-state index in [1.54, 1.807) is 42.5 Å². The number of carbonyl (C=O) groups excluding carboxylic acids is 4. The number of benzene rings is 3. The van der Waals surface area contributed by atoms with Crippen molar-refractivity contribution in [3.8, 4) is 0 Å². The SMILES string of the molecule is CC(C)C[C@H](NC(CCN1C(=O)c2cc3ccccc3cc2C1=O)C(=O)O)C(=O)N[C@@H](Cc1ccccc1)C(=O)NCC(=O)O.O=C(O)C(F)(F)F. The third kappa shape index (κ3) is 11.3. The number of hydrogen-bond donors (Lipinski definition) is 6. The summed E-state index contributed by atoms with van der Waals surface area (Å²) in [4.78, 5) is 85.9. The molecule has 0 spiro atoms. The summed E-state index contributed by atoms with van der Waals surface area (Å²) in [5.74, 6) is -7.72. The van der Waals surface area contributed by atoms with E-state index in [0.29, 0.717) is 0 Å². The normalized spacial score (nSPS) is 14.2. The Morgan fingerprint density at radius 3 is 1.75 bits per heavy atom. The zero-order valence-corrected chi connectivity index (χ0v) is 28.0. The highest BCUT2D eigenvalue weighted by Gasteiger charge is 2.39. The van der Waals surface area contributed by atoms with Gasteiger partial charge in [-0.1, -0.05) is 68.4 Å². The predicted octanol–water partition coefficient (Wildman–Crippen LogP) is 2.85. The van der Waals surface area contributed by atoms with Crippen molar-refractivity contribution in [3.63, 3.8) is 0 Å². The first-order valence-corrected chi connectivity index (χ1v) is 15.9. The molecule has 0 saturated carbocycles. The van der Waals surface area contributed by atoms with Crippen LogP contribution < -0.4 is 16.0 Å². The molecule has 4 amide bonds. The van der Waals surface area contributed by atoms with E-state index in [1.165, 1.54) is 0 Å². The fourth-order valence-corrected chi connectivity index (χ4v) is 5.30. The van der Waals surface area contributed by atoms with Gasteiger partial charge < -0.3 is 26.0 Å². The van der Waals surface area contributed by atoms with Gasteiger partial charge in [0.2, 0.25) is 11.8 Å². The first-order valence-electron chi connectivity index (χ1n) is 15.9. The van der Waals surface area contributed by atoms with Crippen molar-refractivity contribution in [2.75, 3.05) is 13.1 Å². The Kier molecular flexibility index (Phi) is 14.0. The number of nitrogens with one attached hydrogen (secondary N) is 3. The van der Waals surface area contributed by atoms with Crippen LogP contribution in [0.5, 0.6) is 0 Å². The van der Waals surface area contributed by atoms with Gasteiger partial charge in [0, 0.05) is 13.0 Å². The minimum absolute atomic E-state index is 0.0542. The molecule has 3 aromatic rings. The van der Waals surface area contributed by atoms with Crippen LogP contribution in [-0.4, -0.2) is 99.1 Å². The Morgan fingerprint density at radius 1 is 0.769 bits per heavy atom. The van der Waals surface area contributed by atoms with Gasteiger partial charge in [0.25, 0.3) is 11.8 Å². The van der Waals surface area contributed by atoms with Gasteiger partial charge >= 0.3 is 24.1 Å². The van der Waals surface area contributed by atoms with Crippen molar-refractivity contribution in [2.45, 2.75) is 57.4 Å². The number of carboxylic acid groups (broad SMARTS) is 3. The van der Waals surface area contributed by atoms with Gasteiger partial charge in [-0.2, -0.15) is 13.2 Å². The zero-order valence-electron chi connectivity index (χ0n) is 28.0. The van der Waals surface area contributed by atoms with Crippen LogP contribution in [0.3, 0.4) is 0 Å². The van der Waals surface area contributed by atoms with Gasteiger partial charge in [-0.05, 0) is 47.2 Å². The quantitative estimate of drug-likeness (QED) is 0.125. The number of carbonyl (C=O) groups is 7. The first kappa shape index (κ1) is 40.6. The van der Waals surface area contributed by atoms with Crippen LogP contribution >= 0.6 is 0 Å². The van der Waals surface area contributed by atoms with Gasteiger partial charge in [0.1, 0.15) is 18.6 Å². The number of rotatable bonds is 15. The van der Waals surface area contributed by atoms with Crippen molar-refractivity contribution in [3.05, 3.63) is 83.4 Å². The summed E-state index contributed by atoms with van der Waals surface area (Å²) in [6.07, 6.45) is -4.97. The summed E-state index contributed by atoms with van der Waals surface area (Å²) < 4.78 is 31.7. The molecular weight excluding hydrogens is 693 g/mol.